The largest absolute Gasteiger partial charge is 0.398 e. The molecule has 3 spiro atoms. The Morgan fingerprint density at radius 2 is 0.512 bits per heavy atom. The van der Waals surface area contributed by atoms with Crippen LogP contribution in [0.2, 0.25) is 0 Å². The molecule has 6 aliphatic heterocycles. The zero-order chi connectivity index (χ0) is 60.3. The van der Waals surface area contributed by atoms with Gasteiger partial charge in [0.05, 0.1) is 56.9 Å². The second-order valence-electron chi connectivity index (χ2n) is 17.4. The first-order valence-electron chi connectivity index (χ1n) is 25.3. The summed E-state index contributed by atoms with van der Waals surface area (Å²) in [5.41, 5.74) is 30.5. The molecule has 5 aromatic carbocycles. The van der Waals surface area contributed by atoms with Gasteiger partial charge in [-0.05, 0) is 73.2 Å². The molecule has 6 fully saturated rings. The van der Waals surface area contributed by atoms with Crippen molar-refractivity contribution in [3.63, 3.8) is 0 Å². The number of benzene rings is 5. The van der Waals surface area contributed by atoms with Gasteiger partial charge in [-0.1, -0.05) is 110 Å². The lowest BCUT2D eigenvalue weighted by Crippen LogP contribution is -2.85. The Hall–Kier alpha value is -10.3. The van der Waals surface area contributed by atoms with Crippen molar-refractivity contribution < 1.29 is 57.5 Å². The molecule has 418 valence electrons. The van der Waals surface area contributed by atoms with Crippen molar-refractivity contribution in [3.05, 3.63) is 115 Å². The van der Waals surface area contributed by atoms with E-state index in [-0.39, 0.29) is 56.9 Å². The summed E-state index contributed by atoms with van der Waals surface area (Å²) in [6.07, 6.45) is 1.25. The number of hydrogen-bond acceptors (Lipinski definition) is 18. The van der Waals surface area contributed by atoms with Gasteiger partial charge in [0, 0.05) is 12.7 Å². The number of nitrogens with zero attached hydrogens (tertiary/aromatic N) is 6. The molecule has 5 aromatic rings. The quantitative estimate of drug-likeness (QED) is 0.0820. The molecule has 24 heteroatoms. The lowest BCUT2D eigenvalue weighted by Gasteiger charge is -2.52. The first kappa shape index (κ1) is 60.6. The molecule has 12 N–H and O–H groups in total. The maximum Gasteiger partial charge on any atom is 0.286 e. The van der Waals surface area contributed by atoms with Crippen LogP contribution in [-0.4, -0.2) is 82.8 Å². The van der Waals surface area contributed by atoms with E-state index in [0.29, 0.717) is 11.3 Å². The summed E-state index contributed by atoms with van der Waals surface area (Å²) in [5.74, 6) is -10.5. The minimum Gasteiger partial charge on any atom is -0.398 e. The fourth-order valence-electron chi connectivity index (χ4n) is 8.85. The molecule has 6 aliphatic rings. The second-order valence-corrected chi connectivity index (χ2v) is 17.4. The molecule has 0 unspecified atom stereocenters. The second kappa shape index (κ2) is 23.1. The summed E-state index contributed by atoms with van der Waals surface area (Å²) >= 11 is 0. The van der Waals surface area contributed by atoms with Crippen LogP contribution in [0.3, 0.4) is 0 Å². The van der Waals surface area contributed by atoms with Crippen LogP contribution in [0.15, 0.2) is 109 Å². The molecule has 0 bridgehead atoms. The average molecular weight is 1100 g/mol. The molecule has 12 amide bonds. The predicted octanol–water partition coefficient (Wildman–Crippen LogP) is 4.08. The van der Waals surface area contributed by atoms with E-state index >= 15 is 0 Å². The molecule has 24 nitrogen and oxygen atoms in total. The first-order valence-corrected chi connectivity index (χ1v) is 25.3. The van der Waals surface area contributed by atoms with Crippen molar-refractivity contribution in [2.45, 2.75) is 68.7 Å². The third-order valence-electron chi connectivity index (χ3n) is 12.9. The number of carbonyl (C=O) groups is 12. The maximum atomic E-state index is 12.6. The van der Waals surface area contributed by atoms with E-state index < -0.39 is 87.1 Å². The molecule has 0 aliphatic carbocycles. The van der Waals surface area contributed by atoms with Crippen LogP contribution in [-0.2, 0) is 57.5 Å². The van der Waals surface area contributed by atoms with Crippen LogP contribution in [0.5, 0.6) is 0 Å². The number of aryl methyl sites for hydroxylation is 1. The van der Waals surface area contributed by atoms with Crippen molar-refractivity contribution in [1.29, 1.82) is 0 Å². The van der Waals surface area contributed by atoms with Gasteiger partial charge in [-0.2, -0.15) is 0 Å². The molecule has 0 atom stereocenters. The number of amides is 12. The Balaban J connectivity index is 0.000000206. The average Bonchev–Trinajstić information content (AvgIpc) is 3.45. The third kappa shape index (κ3) is 8.38. The monoisotopic (exact) mass is 1090 g/mol. The van der Waals surface area contributed by atoms with E-state index in [2.05, 4.69) is 13.8 Å². The molecule has 6 saturated heterocycles. The number of β-lactam (4-membered cyclic amide) rings is 12. The summed E-state index contributed by atoms with van der Waals surface area (Å²) in [7, 11) is 1.22. The zero-order valence-electron chi connectivity index (χ0n) is 45.6. The number of anilines is 11. The highest BCUT2D eigenvalue weighted by molar-refractivity contribution is 6.66. The van der Waals surface area contributed by atoms with Crippen LogP contribution >= 0.6 is 0 Å². The van der Waals surface area contributed by atoms with Crippen LogP contribution < -0.4 is 58.9 Å². The Morgan fingerprint density at radius 3 is 0.738 bits per heavy atom. The van der Waals surface area contributed by atoms with Gasteiger partial charge in [0.1, 0.15) is 0 Å². The number of nitrogens with two attached hydrogens (primary N) is 6. The molecule has 6 heterocycles. The molecule has 80 heavy (non-hydrogen) atoms. The van der Waals surface area contributed by atoms with E-state index in [9.17, 15) is 57.5 Å². The van der Waals surface area contributed by atoms with Gasteiger partial charge in [0.2, 0.25) is 0 Å². The Labute approximate surface area is 460 Å². The lowest BCUT2D eigenvalue weighted by atomic mass is 9.68. The van der Waals surface area contributed by atoms with Crippen molar-refractivity contribution in [2.75, 3.05) is 65.9 Å². The fourth-order valence-corrected chi connectivity index (χ4v) is 8.85. The van der Waals surface area contributed by atoms with Gasteiger partial charge in [-0.15, -0.1) is 0 Å². The highest BCUT2D eigenvalue weighted by Gasteiger charge is 2.83. The van der Waals surface area contributed by atoms with Crippen molar-refractivity contribution in [1.82, 2.24) is 4.90 Å². The molecule has 11 rings (SSSR count). The van der Waals surface area contributed by atoms with Crippen molar-refractivity contribution >= 4 is 133 Å². The van der Waals surface area contributed by atoms with Gasteiger partial charge < -0.3 is 34.4 Å². The summed E-state index contributed by atoms with van der Waals surface area (Å²) in [6.45, 7) is 18.0. The van der Waals surface area contributed by atoms with Gasteiger partial charge >= 0.3 is 0 Å². The number of rotatable bonds is 5. The standard InChI is InChI=1S/2C17H12N4O4.C13H12N4O4.C3H8.3C2H6/c2*18-9-5-1-3-7-11(9)20-13(22)17(14(20)23)15(24)21(16(17)25)12-8-4-2-6-10(12)19;1-5-3-7(15)8(4-6(5)14)17-11(20)13(12(17)21)9(18)16(2)10(13)19;1-3-2;3*1-2/h2*1-8H,18-19H2;3-4H,14-15H2,1-2H3;3H2,1-2H3;3*1-2H3. The normalized spacial score (nSPS) is 17.2. The van der Waals surface area contributed by atoms with Crippen LogP contribution in [0, 0.1) is 23.2 Å². The van der Waals surface area contributed by atoms with Gasteiger partial charge in [-0.25, -0.2) is 24.5 Å². The van der Waals surface area contributed by atoms with Gasteiger partial charge in [0.25, 0.3) is 87.1 Å². The van der Waals surface area contributed by atoms with E-state index in [1.807, 2.05) is 41.5 Å². The van der Waals surface area contributed by atoms with Crippen LogP contribution in [0.1, 0.15) is 67.4 Å². The maximum absolute atomic E-state index is 12.6. The summed E-state index contributed by atoms with van der Waals surface area (Å²) < 4.78 is 0. The lowest BCUT2D eigenvalue weighted by molar-refractivity contribution is -0.185. The topological polar surface area (TPSA) is 380 Å². The predicted molar refractivity (Wildman–Crippen MR) is 301 cm³/mol. The molecule has 0 saturated carbocycles. The number of para-hydroxylation sites is 8. The van der Waals surface area contributed by atoms with Gasteiger partial charge in [-0.3, -0.25) is 62.4 Å². The smallest absolute Gasteiger partial charge is 0.286 e. The minimum absolute atomic E-state index is 0.0916. The highest BCUT2D eigenvalue weighted by Crippen LogP contribution is 2.52. The zero-order valence-corrected chi connectivity index (χ0v) is 45.6. The van der Waals surface area contributed by atoms with Crippen LogP contribution in [0.25, 0.3) is 0 Å². The van der Waals surface area contributed by atoms with E-state index in [4.69, 9.17) is 34.4 Å². The van der Waals surface area contributed by atoms with Crippen molar-refractivity contribution in [3.8, 4) is 0 Å². The molecule has 0 radical (unpaired) electrons. The van der Waals surface area contributed by atoms with E-state index in [1.165, 1.54) is 74.1 Å². The van der Waals surface area contributed by atoms with Crippen molar-refractivity contribution in [2.24, 2.45) is 16.2 Å². The first-order chi connectivity index (χ1) is 38.0. The SMILES string of the molecule is CC.CC.CC.CCC.Cc1cc(N)c(N2C(=O)C3(C(=O)N(C)C3=O)C2=O)cc1N.Nc1ccccc1N1C(=O)C2(C1=O)C(=O)N(c1ccccc1N)C2=O.Nc1ccccc1N1C(=O)C2(C1=O)C(=O)N(c1ccccc1N)C2=O. The Morgan fingerprint density at radius 1 is 0.312 bits per heavy atom. The fraction of sp³-hybridized carbons (Fsp3) is 0.250. The van der Waals surface area contributed by atoms with Gasteiger partial charge in [0.15, 0.2) is 0 Å². The van der Waals surface area contributed by atoms with Crippen LogP contribution in [0.4, 0.5) is 62.6 Å². The Kier molecular flexibility index (Phi) is 17.5. The Bertz CT molecular complexity index is 3030. The van der Waals surface area contributed by atoms with E-state index in [0.717, 1.165) is 29.4 Å². The number of nitrogen functional groups attached to an aromatic ring is 6. The van der Waals surface area contributed by atoms with E-state index in [1.54, 1.807) is 55.5 Å². The molecular formula is C56H62N12O12. The number of imide groups is 6. The molecular weight excluding hydrogens is 1030 g/mol. The summed E-state index contributed by atoms with van der Waals surface area (Å²) in [5, 5.41) is 0. The summed E-state index contributed by atoms with van der Waals surface area (Å²) in [6, 6.07) is 27.8. The number of hydrogen-bond donors (Lipinski definition) is 6. The molecule has 0 aromatic heterocycles. The minimum atomic E-state index is -2.30. The number of carbonyl (C=O) groups excluding carboxylic acids is 12. The highest BCUT2D eigenvalue weighted by atomic mass is 16.2. The summed E-state index contributed by atoms with van der Waals surface area (Å²) in [4.78, 5) is 153. The number of likely N-dealkylation sites (tertiary alicyclic amines) is 1. The third-order valence-corrected chi connectivity index (χ3v) is 12.9.